The van der Waals surface area contributed by atoms with Crippen LogP contribution in [-0.2, 0) is 0 Å². The van der Waals surface area contributed by atoms with E-state index < -0.39 is 17.6 Å². The number of hydrogen-bond acceptors (Lipinski definition) is 4. The van der Waals surface area contributed by atoms with Crippen LogP contribution in [0.4, 0.5) is 14.6 Å². The van der Waals surface area contributed by atoms with Crippen molar-refractivity contribution in [1.82, 2.24) is 9.97 Å². The molecule has 0 bridgehead atoms. The van der Waals surface area contributed by atoms with Crippen molar-refractivity contribution >= 4 is 5.82 Å². The van der Waals surface area contributed by atoms with E-state index in [4.69, 9.17) is 5.11 Å². The van der Waals surface area contributed by atoms with E-state index in [-0.39, 0.29) is 12.4 Å². The summed E-state index contributed by atoms with van der Waals surface area (Å²) in [5.41, 5.74) is -0.437. The molecule has 14 heavy (non-hydrogen) atoms. The molecule has 76 valence electrons. The third-order valence-corrected chi connectivity index (χ3v) is 2.22. The molecule has 1 aromatic heterocycles. The average molecular weight is 201 g/mol. The van der Waals surface area contributed by atoms with Crippen LogP contribution in [0.25, 0.3) is 0 Å². The van der Waals surface area contributed by atoms with Gasteiger partial charge in [0.25, 0.3) is 0 Å². The van der Waals surface area contributed by atoms with E-state index in [9.17, 15) is 8.78 Å². The number of nitrogens with zero attached hydrogens (tertiary/aromatic N) is 2. The number of nitrogens with one attached hydrogen (secondary N) is 1. The zero-order valence-electron chi connectivity index (χ0n) is 7.30. The van der Waals surface area contributed by atoms with Gasteiger partial charge in [-0.05, 0) is 12.8 Å². The third kappa shape index (κ3) is 1.79. The molecular weight excluding hydrogens is 192 g/mol. The molecule has 1 aliphatic rings. The normalized spacial score (nSPS) is 17.9. The fourth-order valence-corrected chi connectivity index (χ4v) is 1.20. The van der Waals surface area contributed by atoms with E-state index in [1.807, 2.05) is 0 Å². The van der Waals surface area contributed by atoms with Crippen molar-refractivity contribution in [3.63, 3.8) is 0 Å². The molecule has 0 atom stereocenters. The molecule has 0 aromatic carbocycles. The summed E-state index contributed by atoms with van der Waals surface area (Å²) in [5, 5.41) is 11.7. The lowest BCUT2D eigenvalue weighted by molar-refractivity contribution is 0.265. The van der Waals surface area contributed by atoms with Crippen LogP contribution in [0.3, 0.4) is 0 Å². The first kappa shape index (κ1) is 9.26. The SMILES string of the molecule is OCC1(Nc2cc(F)nc(F)n2)CC1. The monoisotopic (exact) mass is 201 g/mol. The van der Waals surface area contributed by atoms with Crippen LogP contribution >= 0.6 is 0 Å². The number of hydrogen-bond donors (Lipinski definition) is 2. The van der Waals surface area contributed by atoms with Crippen LogP contribution in [0.2, 0.25) is 0 Å². The number of aromatic nitrogens is 2. The molecule has 1 fully saturated rings. The van der Waals surface area contributed by atoms with Crippen molar-refractivity contribution in [2.24, 2.45) is 0 Å². The molecule has 0 amide bonds. The van der Waals surface area contributed by atoms with E-state index >= 15 is 0 Å². The van der Waals surface area contributed by atoms with Gasteiger partial charge in [0.2, 0.25) is 5.95 Å². The summed E-state index contributed by atoms with van der Waals surface area (Å²) in [7, 11) is 0. The Labute approximate surface area is 79.0 Å². The maximum Gasteiger partial charge on any atom is 0.313 e. The third-order valence-electron chi connectivity index (χ3n) is 2.22. The molecule has 0 radical (unpaired) electrons. The van der Waals surface area contributed by atoms with E-state index in [1.165, 1.54) is 0 Å². The molecule has 1 aromatic rings. The molecule has 0 saturated heterocycles. The molecule has 1 saturated carbocycles. The van der Waals surface area contributed by atoms with Gasteiger partial charge in [-0.3, -0.25) is 0 Å². The Bertz CT molecular complexity index is 334. The lowest BCUT2D eigenvalue weighted by Gasteiger charge is -2.14. The minimum absolute atomic E-state index is 0.0692. The first-order valence-corrected chi connectivity index (χ1v) is 4.23. The van der Waals surface area contributed by atoms with Crippen LogP contribution in [0.1, 0.15) is 12.8 Å². The highest BCUT2D eigenvalue weighted by Gasteiger charge is 2.42. The van der Waals surface area contributed by atoms with Crippen molar-refractivity contribution in [2.45, 2.75) is 18.4 Å². The average Bonchev–Trinajstić information content (AvgIpc) is 2.83. The lowest BCUT2D eigenvalue weighted by Crippen LogP contribution is -2.26. The van der Waals surface area contributed by atoms with Crippen molar-refractivity contribution in [1.29, 1.82) is 0 Å². The zero-order valence-corrected chi connectivity index (χ0v) is 7.30. The van der Waals surface area contributed by atoms with Gasteiger partial charge in [0, 0.05) is 6.07 Å². The maximum absolute atomic E-state index is 12.6. The van der Waals surface area contributed by atoms with Crippen LogP contribution in [0, 0.1) is 12.0 Å². The topological polar surface area (TPSA) is 58.0 Å². The molecule has 4 nitrogen and oxygen atoms in total. The van der Waals surface area contributed by atoms with Crippen molar-refractivity contribution in [2.75, 3.05) is 11.9 Å². The summed E-state index contributed by atoms with van der Waals surface area (Å²) >= 11 is 0. The Balaban J connectivity index is 2.16. The molecule has 6 heteroatoms. The Hall–Kier alpha value is -1.30. The Morgan fingerprint density at radius 3 is 2.64 bits per heavy atom. The summed E-state index contributed by atoms with van der Waals surface area (Å²) in [6, 6.07) is 0.999. The molecule has 2 N–H and O–H groups in total. The van der Waals surface area contributed by atoms with Crippen LogP contribution in [0.5, 0.6) is 0 Å². The van der Waals surface area contributed by atoms with E-state index in [0.717, 1.165) is 18.9 Å². The minimum Gasteiger partial charge on any atom is -0.394 e. The largest absolute Gasteiger partial charge is 0.394 e. The predicted molar refractivity (Wildman–Crippen MR) is 44.6 cm³/mol. The van der Waals surface area contributed by atoms with Gasteiger partial charge in [-0.25, -0.2) is 0 Å². The molecule has 0 spiro atoms. The van der Waals surface area contributed by atoms with Gasteiger partial charge in [-0.2, -0.15) is 18.7 Å². The lowest BCUT2D eigenvalue weighted by atomic mass is 10.3. The quantitative estimate of drug-likeness (QED) is 0.558. The zero-order chi connectivity index (χ0) is 10.2. The molecule has 0 unspecified atom stereocenters. The van der Waals surface area contributed by atoms with Crippen LogP contribution in [-0.4, -0.2) is 27.2 Å². The summed E-state index contributed by atoms with van der Waals surface area (Å²) < 4.78 is 25.2. The summed E-state index contributed by atoms with van der Waals surface area (Å²) in [5.74, 6) is -0.852. The molecule has 1 heterocycles. The molecule has 0 aliphatic heterocycles. The van der Waals surface area contributed by atoms with E-state index in [0.29, 0.717) is 0 Å². The summed E-state index contributed by atoms with van der Waals surface area (Å²) in [4.78, 5) is 6.23. The van der Waals surface area contributed by atoms with Crippen molar-refractivity contribution in [3.8, 4) is 0 Å². The van der Waals surface area contributed by atoms with Crippen LogP contribution < -0.4 is 5.32 Å². The fraction of sp³-hybridized carbons (Fsp3) is 0.500. The molecular formula is C8H9F2N3O. The second kappa shape index (κ2) is 3.13. The highest BCUT2D eigenvalue weighted by molar-refractivity contribution is 5.39. The summed E-state index contributed by atoms with van der Waals surface area (Å²) in [6.07, 6.45) is 0.439. The highest BCUT2D eigenvalue weighted by atomic mass is 19.1. The summed E-state index contributed by atoms with van der Waals surface area (Å²) in [6.45, 7) is -0.0692. The van der Waals surface area contributed by atoms with Crippen molar-refractivity contribution in [3.05, 3.63) is 18.1 Å². The Morgan fingerprint density at radius 2 is 2.14 bits per heavy atom. The first-order chi connectivity index (χ1) is 6.63. The van der Waals surface area contributed by atoms with Gasteiger partial charge in [-0.15, -0.1) is 0 Å². The van der Waals surface area contributed by atoms with E-state index in [2.05, 4.69) is 15.3 Å². The smallest absolute Gasteiger partial charge is 0.313 e. The first-order valence-electron chi connectivity index (χ1n) is 4.23. The van der Waals surface area contributed by atoms with Gasteiger partial charge in [-0.1, -0.05) is 0 Å². The molecule has 1 aliphatic carbocycles. The maximum atomic E-state index is 12.6. The second-order valence-corrected chi connectivity index (χ2v) is 3.41. The minimum atomic E-state index is -1.11. The highest BCUT2D eigenvalue weighted by Crippen LogP contribution is 2.37. The van der Waals surface area contributed by atoms with E-state index in [1.54, 1.807) is 0 Å². The standard InChI is InChI=1S/C8H9F2N3O/c9-5-3-6(12-7(10)11-5)13-8(4-14)1-2-8/h3,14H,1-2,4H2,(H,11,12,13). The predicted octanol–water partition coefficient (Wildman–Crippen LogP) is 0.692. The number of aliphatic hydroxyl groups is 1. The fourth-order valence-electron chi connectivity index (χ4n) is 1.20. The number of aliphatic hydroxyl groups excluding tert-OH is 1. The van der Waals surface area contributed by atoms with Gasteiger partial charge in [0.15, 0.2) is 0 Å². The van der Waals surface area contributed by atoms with Crippen LogP contribution in [0.15, 0.2) is 6.07 Å². The molecule has 2 rings (SSSR count). The number of anilines is 1. The van der Waals surface area contributed by atoms with Gasteiger partial charge < -0.3 is 10.4 Å². The van der Waals surface area contributed by atoms with Gasteiger partial charge >= 0.3 is 6.08 Å². The Morgan fingerprint density at radius 1 is 1.43 bits per heavy atom. The second-order valence-electron chi connectivity index (χ2n) is 3.41. The van der Waals surface area contributed by atoms with Gasteiger partial charge in [0.05, 0.1) is 12.1 Å². The Kier molecular flexibility index (Phi) is 2.07. The number of halogens is 2. The number of rotatable bonds is 3. The van der Waals surface area contributed by atoms with Gasteiger partial charge in [0.1, 0.15) is 5.82 Å². The van der Waals surface area contributed by atoms with Crippen molar-refractivity contribution < 1.29 is 13.9 Å².